The molecule has 6 aliphatic rings. The Balaban J connectivity index is 0.00000157. The number of piperazine rings is 1. The first kappa shape index (κ1) is 41.7. The highest BCUT2D eigenvalue weighted by Gasteiger charge is 2.49. The van der Waals surface area contributed by atoms with Gasteiger partial charge in [0.2, 0.25) is 5.91 Å². The molecule has 0 spiro atoms. The fraction of sp³-hybridized carbons (Fsp3) is 0.488. The van der Waals surface area contributed by atoms with E-state index in [1.807, 2.05) is 21.9 Å². The summed E-state index contributed by atoms with van der Waals surface area (Å²) < 4.78 is 33.2. The number of amides is 5. The van der Waals surface area contributed by atoms with Crippen LogP contribution in [0, 0.1) is 5.92 Å². The molecule has 62 heavy (non-hydrogen) atoms. The minimum atomic E-state index is -2.90. The van der Waals surface area contributed by atoms with Crippen LogP contribution in [0.4, 0.5) is 42.1 Å². The number of fused-ring (bicyclic) bond motifs is 2. The summed E-state index contributed by atoms with van der Waals surface area (Å²) in [5.74, 6) is -3.23. The Labute approximate surface area is 362 Å². The first-order valence-electron chi connectivity index (χ1n) is 21.4. The molecular weight excluding hydrogens is 822 g/mol. The molecule has 5 fully saturated rings. The summed E-state index contributed by atoms with van der Waals surface area (Å²) in [7, 11) is 1.79. The number of aromatic nitrogens is 3. The zero-order valence-electron chi connectivity index (χ0n) is 34.7. The van der Waals surface area contributed by atoms with Crippen molar-refractivity contribution in [3.63, 3.8) is 0 Å². The molecule has 19 heteroatoms. The highest BCUT2D eigenvalue weighted by atomic mass is 35.5. The number of anilines is 5. The summed E-state index contributed by atoms with van der Waals surface area (Å²) in [6.45, 7) is 4.56. The number of nitrogens with two attached hydrogens (primary N) is 1. The fourth-order valence-corrected chi connectivity index (χ4v) is 9.53. The number of carbonyl (C=O) groups is 4. The lowest BCUT2D eigenvalue weighted by molar-refractivity contribution is -0.134. The molecule has 10 rings (SSSR count). The van der Waals surface area contributed by atoms with Gasteiger partial charge in [0.15, 0.2) is 11.5 Å². The van der Waals surface area contributed by atoms with Crippen LogP contribution in [0.15, 0.2) is 48.7 Å². The third kappa shape index (κ3) is 8.22. The van der Waals surface area contributed by atoms with Gasteiger partial charge in [-0.3, -0.25) is 34.4 Å². The summed E-state index contributed by atoms with van der Waals surface area (Å²) >= 11 is 6.37. The van der Waals surface area contributed by atoms with Crippen LogP contribution < -0.4 is 31.1 Å². The van der Waals surface area contributed by atoms with Crippen LogP contribution in [0.3, 0.4) is 0 Å². The molecule has 7 heterocycles. The normalized spacial score (nSPS) is 21.6. The zero-order valence-corrected chi connectivity index (χ0v) is 35.4. The van der Waals surface area contributed by atoms with E-state index in [0.717, 1.165) is 36.6 Å². The highest BCUT2D eigenvalue weighted by Crippen LogP contribution is 2.42. The van der Waals surface area contributed by atoms with E-state index in [4.69, 9.17) is 22.4 Å². The Kier molecular flexibility index (Phi) is 11.4. The number of imide groups is 1. The van der Waals surface area contributed by atoms with Crippen LogP contribution >= 0.6 is 11.6 Å². The predicted molar refractivity (Wildman–Crippen MR) is 232 cm³/mol. The molecule has 2 aromatic heterocycles. The average molecular weight is 873 g/mol. The molecule has 1 unspecified atom stereocenters. The smallest absolute Gasteiger partial charge is 0.328 e. The zero-order chi connectivity index (χ0) is 43.3. The first-order chi connectivity index (χ1) is 29.9. The minimum Gasteiger partial charge on any atom is -0.385 e. The van der Waals surface area contributed by atoms with E-state index in [0.29, 0.717) is 74.9 Å². The van der Waals surface area contributed by atoms with Crippen LogP contribution in [-0.4, -0.2) is 144 Å². The van der Waals surface area contributed by atoms with Crippen molar-refractivity contribution in [2.75, 3.05) is 99.1 Å². The summed E-state index contributed by atoms with van der Waals surface area (Å²) in [6, 6.07) is 11.3. The van der Waals surface area contributed by atoms with Crippen molar-refractivity contribution >= 4 is 69.6 Å². The SMILES string of the molecule is C1CC1.CNc1cc(N2CCc3c(N4CC(CN5CCC(N6CCN(C(=O)c7ccc(Cl)c(N8CCC(=O)NC8=O)c7)CC6)C(F)(F)C5)C4)cccc32)nn2c(C(N)=O)cnc12. The molecule has 1 atom stereocenters. The van der Waals surface area contributed by atoms with Crippen LogP contribution in [-0.2, 0) is 11.2 Å². The second-order valence-corrected chi connectivity index (χ2v) is 17.4. The maximum Gasteiger partial charge on any atom is 0.328 e. The van der Waals surface area contributed by atoms with Gasteiger partial charge in [-0.1, -0.05) is 36.9 Å². The molecule has 5 aliphatic heterocycles. The Morgan fingerprint density at radius 3 is 2.37 bits per heavy atom. The standard InChI is InChI=1S/C40H45ClF2N12O4.C3H6/c1-45-28-18-34(48-55-32(36(44)57)19-46-37(28)55)53-11-7-26-29(3-2-4-30(26)53)52-21-24(22-52)20-49-10-8-33(40(42,43)23-49)50-13-15-51(16-14-50)38(58)25-5-6-27(41)31(17-25)54-12-9-35(56)47-39(54)59;1-2-3-1/h2-6,17-19,24,33,45H,7-16,20-23H2,1H3,(H2,44,57)(H,47,56,59);1-3H2. The van der Waals surface area contributed by atoms with Crippen LogP contribution in [0.2, 0.25) is 5.02 Å². The van der Waals surface area contributed by atoms with Crippen molar-refractivity contribution in [1.82, 2.24) is 34.6 Å². The lowest BCUT2D eigenvalue weighted by Gasteiger charge is -2.48. The summed E-state index contributed by atoms with van der Waals surface area (Å²) in [6.07, 6.45) is 7.20. The molecule has 16 nitrogen and oxygen atoms in total. The van der Waals surface area contributed by atoms with Crippen molar-refractivity contribution in [3.05, 3.63) is 70.5 Å². The second-order valence-electron chi connectivity index (χ2n) is 17.0. The van der Waals surface area contributed by atoms with Crippen molar-refractivity contribution in [1.29, 1.82) is 0 Å². The largest absolute Gasteiger partial charge is 0.385 e. The summed E-state index contributed by atoms with van der Waals surface area (Å²) in [5, 5.41) is 10.4. The fourth-order valence-electron chi connectivity index (χ4n) is 9.31. The number of nitrogens with zero attached hydrogens (tertiary/aromatic N) is 9. The van der Waals surface area contributed by atoms with Gasteiger partial charge in [-0.2, -0.15) is 0 Å². The maximum atomic E-state index is 15.9. The average Bonchev–Trinajstić information content (AvgIpc) is 3.96. The van der Waals surface area contributed by atoms with E-state index in [1.54, 1.807) is 30.1 Å². The molecule has 5 amide bonds. The maximum absolute atomic E-state index is 15.9. The van der Waals surface area contributed by atoms with Gasteiger partial charge in [0.25, 0.3) is 17.7 Å². The quantitative estimate of drug-likeness (QED) is 0.218. The molecule has 4 N–H and O–H groups in total. The molecule has 0 bridgehead atoms. The van der Waals surface area contributed by atoms with Crippen LogP contribution in [0.1, 0.15) is 58.5 Å². The monoisotopic (exact) mass is 872 g/mol. The molecule has 1 saturated carbocycles. The van der Waals surface area contributed by atoms with E-state index in [9.17, 15) is 19.2 Å². The van der Waals surface area contributed by atoms with Gasteiger partial charge in [0.05, 0.1) is 35.2 Å². The number of hydrogen-bond acceptors (Lipinski definition) is 11. The number of halogens is 3. The number of carbonyl (C=O) groups excluding carboxylic acids is 4. The number of primary amides is 1. The van der Waals surface area contributed by atoms with E-state index in [1.165, 1.54) is 40.4 Å². The van der Waals surface area contributed by atoms with E-state index >= 15 is 8.78 Å². The number of nitrogens with one attached hydrogen (secondary N) is 2. The van der Waals surface area contributed by atoms with Gasteiger partial charge < -0.3 is 25.8 Å². The van der Waals surface area contributed by atoms with E-state index in [2.05, 4.69) is 37.6 Å². The summed E-state index contributed by atoms with van der Waals surface area (Å²) in [5.41, 5.74) is 11.1. The number of rotatable bonds is 9. The number of hydrogen-bond donors (Lipinski definition) is 3. The lowest BCUT2D eigenvalue weighted by atomic mass is 9.93. The number of likely N-dealkylation sites (tertiary alicyclic amines) is 1. The van der Waals surface area contributed by atoms with Gasteiger partial charge in [0.1, 0.15) is 5.69 Å². The number of piperidine rings is 1. The Bertz CT molecular complexity index is 2400. The molecule has 0 radical (unpaired) electrons. The lowest BCUT2D eigenvalue weighted by Crippen LogP contribution is -2.63. The van der Waals surface area contributed by atoms with Gasteiger partial charge in [-0.15, -0.1) is 5.10 Å². The summed E-state index contributed by atoms with van der Waals surface area (Å²) in [4.78, 5) is 65.1. The first-order valence-corrected chi connectivity index (χ1v) is 21.8. The van der Waals surface area contributed by atoms with Crippen molar-refractivity contribution in [3.8, 4) is 0 Å². The molecule has 2 aromatic carbocycles. The number of benzene rings is 2. The van der Waals surface area contributed by atoms with Gasteiger partial charge in [-0.05, 0) is 43.2 Å². The Morgan fingerprint density at radius 1 is 0.935 bits per heavy atom. The topological polar surface area (TPSA) is 168 Å². The van der Waals surface area contributed by atoms with E-state index < -0.39 is 23.9 Å². The van der Waals surface area contributed by atoms with Crippen LogP contribution in [0.25, 0.3) is 5.65 Å². The minimum absolute atomic E-state index is 0.119. The van der Waals surface area contributed by atoms with Crippen molar-refractivity contribution in [2.24, 2.45) is 11.7 Å². The molecule has 4 saturated heterocycles. The van der Waals surface area contributed by atoms with Gasteiger partial charge in [0, 0.05) is 113 Å². The predicted octanol–water partition coefficient (Wildman–Crippen LogP) is 4.44. The second kappa shape index (κ2) is 16.9. The third-order valence-electron chi connectivity index (χ3n) is 12.6. The number of imidazole rings is 1. The molecule has 328 valence electrons. The third-order valence-corrected chi connectivity index (χ3v) is 13.0. The highest BCUT2D eigenvalue weighted by molar-refractivity contribution is 6.34. The van der Waals surface area contributed by atoms with Crippen molar-refractivity contribution in [2.45, 2.75) is 50.5 Å². The van der Waals surface area contributed by atoms with Crippen LogP contribution in [0.5, 0.6) is 0 Å². The van der Waals surface area contributed by atoms with Crippen molar-refractivity contribution < 1.29 is 28.0 Å². The Hall–Kier alpha value is -5.59. The molecule has 1 aliphatic carbocycles. The number of urea groups is 1. The van der Waals surface area contributed by atoms with Gasteiger partial charge in [-0.25, -0.2) is 23.1 Å². The van der Waals surface area contributed by atoms with E-state index in [-0.39, 0.29) is 48.0 Å². The Morgan fingerprint density at radius 2 is 1.68 bits per heavy atom. The number of alkyl halides is 2. The van der Waals surface area contributed by atoms with Gasteiger partial charge >= 0.3 is 6.03 Å². The molecular formula is C43H51ClF2N12O4. The molecule has 4 aromatic rings.